The third-order valence-corrected chi connectivity index (χ3v) is 2.47. The molecule has 9 heteroatoms. The van der Waals surface area contributed by atoms with E-state index in [0.717, 1.165) is 6.07 Å². The quantitative estimate of drug-likeness (QED) is 0.578. The number of halogens is 1. The van der Waals surface area contributed by atoms with Crippen LogP contribution in [0, 0.1) is 10.1 Å². The van der Waals surface area contributed by atoms with Crippen LogP contribution in [0.15, 0.2) is 12.3 Å². The summed E-state index contributed by atoms with van der Waals surface area (Å²) < 4.78 is 4.94. The summed E-state index contributed by atoms with van der Waals surface area (Å²) in [5.41, 5.74) is -0.280. The largest absolute Gasteiger partial charge is 0.481 e. The average molecular weight is 290 g/mol. The second kappa shape index (κ2) is 6.86. The highest BCUT2D eigenvalue weighted by Crippen LogP contribution is 2.24. The predicted octanol–water partition coefficient (Wildman–Crippen LogP) is 1.54. The lowest BCUT2D eigenvalue weighted by molar-refractivity contribution is -0.384. The number of carboxylic acids is 1. The van der Waals surface area contributed by atoms with Crippen molar-refractivity contribution in [3.05, 3.63) is 27.4 Å². The molecule has 0 fully saturated rings. The maximum atomic E-state index is 10.8. The van der Waals surface area contributed by atoms with Gasteiger partial charge >= 0.3 is 11.7 Å². The summed E-state index contributed by atoms with van der Waals surface area (Å²) in [6.07, 6.45) is 0.426. The van der Waals surface area contributed by atoms with Crippen molar-refractivity contribution in [2.24, 2.45) is 0 Å². The van der Waals surface area contributed by atoms with E-state index in [0.29, 0.717) is 0 Å². The zero-order chi connectivity index (χ0) is 14.4. The standard InChI is InChI=1S/C10H12ClN3O5/c1-19-7(3-9(15)16)5-13-10-8(14(17)18)2-6(11)4-12-10/h2,4,7H,3,5H2,1H3,(H,12,13)(H,15,16). The predicted molar refractivity (Wildman–Crippen MR) is 67.4 cm³/mol. The maximum Gasteiger partial charge on any atom is 0.312 e. The van der Waals surface area contributed by atoms with Crippen LogP contribution in [-0.4, -0.2) is 40.7 Å². The molecule has 0 bridgehead atoms. The minimum absolute atomic E-state index is 0.0156. The zero-order valence-corrected chi connectivity index (χ0v) is 10.8. The minimum atomic E-state index is -1.02. The van der Waals surface area contributed by atoms with Gasteiger partial charge in [0.05, 0.1) is 22.5 Å². The number of pyridine rings is 1. The number of rotatable bonds is 7. The number of aliphatic carboxylic acids is 1. The fourth-order valence-corrected chi connectivity index (χ4v) is 1.50. The lowest BCUT2D eigenvalue weighted by atomic mass is 10.2. The van der Waals surface area contributed by atoms with E-state index in [1.54, 1.807) is 0 Å². The smallest absolute Gasteiger partial charge is 0.312 e. The molecule has 104 valence electrons. The Kier molecular flexibility index (Phi) is 5.46. The van der Waals surface area contributed by atoms with Crippen molar-refractivity contribution in [3.63, 3.8) is 0 Å². The van der Waals surface area contributed by atoms with Crippen molar-refractivity contribution in [2.75, 3.05) is 19.0 Å². The molecule has 0 aliphatic heterocycles. The number of methoxy groups -OCH3 is 1. The van der Waals surface area contributed by atoms with Crippen molar-refractivity contribution in [3.8, 4) is 0 Å². The van der Waals surface area contributed by atoms with E-state index in [4.69, 9.17) is 21.4 Å². The van der Waals surface area contributed by atoms with Crippen molar-refractivity contribution in [2.45, 2.75) is 12.5 Å². The van der Waals surface area contributed by atoms with E-state index >= 15 is 0 Å². The molecule has 1 unspecified atom stereocenters. The molecule has 2 N–H and O–H groups in total. The van der Waals surface area contributed by atoms with E-state index < -0.39 is 17.0 Å². The summed E-state index contributed by atoms with van der Waals surface area (Å²) in [7, 11) is 1.36. The Morgan fingerprint density at radius 1 is 1.74 bits per heavy atom. The summed E-state index contributed by atoms with van der Waals surface area (Å²) >= 11 is 5.62. The number of aromatic nitrogens is 1. The van der Waals surface area contributed by atoms with Crippen LogP contribution < -0.4 is 5.32 Å². The van der Waals surface area contributed by atoms with Crippen LogP contribution in [0.4, 0.5) is 11.5 Å². The van der Waals surface area contributed by atoms with Gasteiger partial charge in [0.15, 0.2) is 0 Å². The van der Waals surface area contributed by atoms with Crippen LogP contribution in [-0.2, 0) is 9.53 Å². The Morgan fingerprint density at radius 2 is 2.42 bits per heavy atom. The molecule has 8 nitrogen and oxygen atoms in total. The minimum Gasteiger partial charge on any atom is -0.481 e. The molecule has 19 heavy (non-hydrogen) atoms. The Balaban J connectivity index is 2.76. The number of carboxylic acid groups (broad SMARTS) is 1. The molecule has 1 atom stereocenters. The summed E-state index contributed by atoms with van der Waals surface area (Å²) in [5.74, 6) is -1.01. The number of hydrogen-bond acceptors (Lipinski definition) is 6. The Morgan fingerprint density at radius 3 is 2.95 bits per heavy atom. The van der Waals surface area contributed by atoms with Gasteiger partial charge in [-0.2, -0.15) is 0 Å². The second-order valence-corrected chi connectivity index (χ2v) is 4.05. The molecule has 0 aromatic carbocycles. The van der Waals surface area contributed by atoms with Gasteiger partial charge in [0.2, 0.25) is 5.82 Å². The number of hydrogen-bond donors (Lipinski definition) is 2. The molecule has 1 heterocycles. The first-order valence-corrected chi connectivity index (χ1v) is 5.60. The van der Waals surface area contributed by atoms with Gasteiger partial charge in [-0.15, -0.1) is 0 Å². The van der Waals surface area contributed by atoms with Crippen LogP contribution in [0.3, 0.4) is 0 Å². The summed E-state index contributed by atoms with van der Waals surface area (Å²) in [6.45, 7) is 0.0816. The van der Waals surface area contributed by atoms with Crippen molar-refractivity contribution < 1.29 is 19.6 Å². The number of anilines is 1. The van der Waals surface area contributed by atoms with E-state index in [1.165, 1.54) is 13.3 Å². The van der Waals surface area contributed by atoms with Gasteiger partial charge in [0, 0.05) is 25.9 Å². The van der Waals surface area contributed by atoms with E-state index in [-0.39, 0.29) is 29.5 Å². The first-order chi connectivity index (χ1) is 8.93. The summed E-state index contributed by atoms with van der Waals surface area (Å²) in [5, 5.41) is 22.3. The van der Waals surface area contributed by atoms with Gasteiger partial charge in [-0.1, -0.05) is 11.6 Å². The van der Waals surface area contributed by atoms with Gasteiger partial charge in [0.1, 0.15) is 0 Å². The average Bonchev–Trinajstić information content (AvgIpc) is 2.34. The van der Waals surface area contributed by atoms with E-state index in [2.05, 4.69) is 10.3 Å². The molecular weight excluding hydrogens is 278 g/mol. The third-order valence-electron chi connectivity index (χ3n) is 2.26. The van der Waals surface area contributed by atoms with Crippen molar-refractivity contribution in [1.29, 1.82) is 0 Å². The third kappa shape index (κ3) is 4.68. The lowest BCUT2D eigenvalue weighted by Crippen LogP contribution is -2.25. The fourth-order valence-electron chi connectivity index (χ4n) is 1.35. The molecule has 1 rings (SSSR count). The Hall–Kier alpha value is -1.93. The van der Waals surface area contributed by atoms with Crippen LogP contribution in [0.25, 0.3) is 0 Å². The van der Waals surface area contributed by atoms with Crippen molar-refractivity contribution in [1.82, 2.24) is 4.98 Å². The number of carbonyl (C=O) groups is 1. The van der Waals surface area contributed by atoms with E-state index in [1.807, 2.05) is 0 Å². The molecule has 1 aromatic rings. The van der Waals surface area contributed by atoms with E-state index in [9.17, 15) is 14.9 Å². The van der Waals surface area contributed by atoms with Gasteiger partial charge < -0.3 is 15.2 Å². The molecule has 0 radical (unpaired) electrons. The van der Waals surface area contributed by atoms with Crippen LogP contribution >= 0.6 is 11.6 Å². The molecule has 0 saturated heterocycles. The number of ether oxygens (including phenoxy) is 1. The number of nitrogens with one attached hydrogen (secondary N) is 1. The molecular formula is C10H12ClN3O5. The molecule has 0 aliphatic carbocycles. The van der Waals surface area contributed by atoms with Gasteiger partial charge in [-0.25, -0.2) is 4.98 Å². The normalized spacial score (nSPS) is 11.9. The lowest BCUT2D eigenvalue weighted by Gasteiger charge is -2.14. The zero-order valence-electron chi connectivity index (χ0n) is 10.00. The number of nitro groups is 1. The Bertz CT molecular complexity index is 482. The molecule has 0 amide bonds. The van der Waals surface area contributed by atoms with Crippen molar-refractivity contribution >= 4 is 29.1 Å². The number of nitrogens with zero attached hydrogens (tertiary/aromatic N) is 2. The van der Waals surface area contributed by atoms with Crippen LogP contribution in [0.1, 0.15) is 6.42 Å². The molecule has 0 aliphatic rings. The van der Waals surface area contributed by atoms with Crippen LogP contribution in [0.5, 0.6) is 0 Å². The SMILES string of the molecule is COC(CNc1ncc(Cl)cc1[N+](=O)[O-])CC(=O)O. The Labute approximate surface area is 113 Å². The monoisotopic (exact) mass is 289 g/mol. The highest BCUT2D eigenvalue weighted by Gasteiger charge is 2.18. The van der Waals surface area contributed by atoms with Crippen LogP contribution in [0.2, 0.25) is 5.02 Å². The van der Waals surface area contributed by atoms with Gasteiger partial charge in [-0.05, 0) is 0 Å². The maximum absolute atomic E-state index is 10.8. The first-order valence-electron chi connectivity index (χ1n) is 5.22. The van der Waals surface area contributed by atoms with Gasteiger partial charge in [-0.3, -0.25) is 14.9 Å². The molecule has 0 spiro atoms. The summed E-state index contributed by atoms with van der Waals surface area (Å²) in [6, 6.07) is 1.16. The highest BCUT2D eigenvalue weighted by atomic mass is 35.5. The highest BCUT2D eigenvalue weighted by molar-refractivity contribution is 6.30. The first kappa shape index (κ1) is 15.1. The van der Waals surface area contributed by atoms with Gasteiger partial charge in [0.25, 0.3) is 0 Å². The molecule has 1 aromatic heterocycles. The molecule has 0 saturated carbocycles. The summed E-state index contributed by atoms with van der Waals surface area (Å²) in [4.78, 5) is 24.5. The fraction of sp³-hybridized carbons (Fsp3) is 0.400. The second-order valence-electron chi connectivity index (χ2n) is 3.61. The topological polar surface area (TPSA) is 115 Å².